The van der Waals surface area contributed by atoms with Crippen molar-refractivity contribution < 1.29 is 4.79 Å². The Hall–Kier alpha value is -0.330. The third-order valence-corrected chi connectivity index (χ3v) is 3.14. The molecule has 1 saturated carbocycles. The van der Waals surface area contributed by atoms with Crippen LogP contribution in [0.25, 0.3) is 0 Å². The van der Waals surface area contributed by atoms with E-state index in [9.17, 15) is 4.79 Å². The van der Waals surface area contributed by atoms with Crippen molar-refractivity contribution in [2.45, 2.75) is 58.8 Å². The smallest absolute Gasteiger partial charge is 0.138 e. The molecule has 0 heterocycles. The average molecular weight is 168 g/mol. The maximum Gasteiger partial charge on any atom is 0.138 e. The molecule has 0 aromatic heterocycles. The average Bonchev–Trinajstić information content (AvgIpc) is 2.07. The van der Waals surface area contributed by atoms with Crippen LogP contribution in [-0.2, 0) is 4.79 Å². The van der Waals surface area contributed by atoms with Gasteiger partial charge in [0.2, 0.25) is 0 Å². The Labute approximate surface area is 75.5 Å². The number of rotatable bonds is 3. The molecule has 0 amide bonds. The fourth-order valence-electron chi connectivity index (χ4n) is 2.07. The Morgan fingerprint density at radius 2 is 2.17 bits per heavy atom. The van der Waals surface area contributed by atoms with E-state index in [0.717, 1.165) is 25.7 Å². The van der Waals surface area contributed by atoms with Crippen LogP contribution in [0.15, 0.2) is 0 Å². The highest BCUT2D eigenvalue weighted by atomic mass is 16.1. The summed E-state index contributed by atoms with van der Waals surface area (Å²) in [6, 6.07) is 0. The van der Waals surface area contributed by atoms with E-state index < -0.39 is 0 Å². The number of Topliss-reactive ketones (excluding diaryl/α,β-unsaturated/α-hetero) is 1. The quantitative estimate of drug-likeness (QED) is 0.631. The van der Waals surface area contributed by atoms with Crippen LogP contribution < -0.4 is 0 Å². The van der Waals surface area contributed by atoms with E-state index in [0.29, 0.717) is 5.78 Å². The minimum atomic E-state index is 0.0499. The minimum Gasteiger partial charge on any atom is -0.299 e. The monoisotopic (exact) mass is 168 g/mol. The summed E-state index contributed by atoms with van der Waals surface area (Å²) in [5.41, 5.74) is 0.0499. The van der Waals surface area contributed by atoms with Gasteiger partial charge in [-0.1, -0.05) is 33.1 Å². The molecule has 1 heteroatoms. The highest BCUT2D eigenvalue weighted by Crippen LogP contribution is 2.36. The summed E-state index contributed by atoms with van der Waals surface area (Å²) in [6.45, 7) is 4.35. The van der Waals surface area contributed by atoms with Crippen molar-refractivity contribution >= 4 is 5.78 Å². The molecule has 1 unspecified atom stereocenters. The van der Waals surface area contributed by atoms with E-state index in [1.54, 1.807) is 0 Å². The normalized spacial score (nSPS) is 30.7. The van der Waals surface area contributed by atoms with E-state index >= 15 is 0 Å². The van der Waals surface area contributed by atoms with Gasteiger partial charge in [0.15, 0.2) is 0 Å². The van der Waals surface area contributed by atoms with Crippen LogP contribution in [0.2, 0.25) is 0 Å². The van der Waals surface area contributed by atoms with E-state index in [1.807, 2.05) is 0 Å². The lowest BCUT2D eigenvalue weighted by Crippen LogP contribution is -2.30. The van der Waals surface area contributed by atoms with Crippen molar-refractivity contribution in [2.75, 3.05) is 0 Å². The number of carbonyl (C=O) groups is 1. The van der Waals surface area contributed by atoms with Gasteiger partial charge in [0.25, 0.3) is 0 Å². The van der Waals surface area contributed by atoms with Crippen LogP contribution >= 0.6 is 0 Å². The zero-order valence-electron chi connectivity index (χ0n) is 8.36. The summed E-state index contributed by atoms with van der Waals surface area (Å²) in [6.07, 6.45) is 7.88. The second-order valence-corrected chi connectivity index (χ2v) is 4.29. The van der Waals surface area contributed by atoms with Crippen molar-refractivity contribution in [1.29, 1.82) is 0 Å². The first-order chi connectivity index (χ1) is 5.69. The third-order valence-electron chi connectivity index (χ3n) is 3.14. The molecular formula is C11H20O. The lowest BCUT2D eigenvalue weighted by molar-refractivity contribution is -0.130. The highest BCUT2D eigenvalue weighted by molar-refractivity contribution is 5.85. The fraction of sp³-hybridized carbons (Fsp3) is 0.909. The van der Waals surface area contributed by atoms with Gasteiger partial charge in [-0.2, -0.15) is 0 Å². The topological polar surface area (TPSA) is 17.1 Å². The van der Waals surface area contributed by atoms with Gasteiger partial charge in [0.05, 0.1) is 0 Å². The van der Waals surface area contributed by atoms with Gasteiger partial charge >= 0.3 is 0 Å². The summed E-state index contributed by atoms with van der Waals surface area (Å²) in [5.74, 6) is 0.516. The van der Waals surface area contributed by atoms with Crippen molar-refractivity contribution in [1.82, 2.24) is 0 Å². The molecule has 70 valence electrons. The van der Waals surface area contributed by atoms with Gasteiger partial charge in [0.1, 0.15) is 5.78 Å². The van der Waals surface area contributed by atoms with Gasteiger partial charge in [-0.3, -0.25) is 4.79 Å². The molecule has 1 aliphatic rings. The Morgan fingerprint density at radius 1 is 1.42 bits per heavy atom. The van der Waals surface area contributed by atoms with Crippen LogP contribution in [0.1, 0.15) is 58.8 Å². The lowest BCUT2D eigenvalue weighted by atomic mass is 9.71. The molecule has 0 aromatic carbocycles. The number of ketones is 1. The van der Waals surface area contributed by atoms with E-state index in [1.165, 1.54) is 19.3 Å². The Morgan fingerprint density at radius 3 is 2.75 bits per heavy atom. The van der Waals surface area contributed by atoms with Crippen molar-refractivity contribution in [3.05, 3.63) is 0 Å². The summed E-state index contributed by atoms with van der Waals surface area (Å²) in [7, 11) is 0. The van der Waals surface area contributed by atoms with Crippen molar-refractivity contribution in [3.63, 3.8) is 0 Å². The Kier molecular flexibility index (Phi) is 3.30. The van der Waals surface area contributed by atoms with E-state index in [2.05, 4.69) is 13.8 Å². The summed E-state index contributed by atoms with van der Waals surface area (Å²) >= 11 is 0. The third kappa shape index (κ3) is 2.09. The number of unbranched alkanes of at least 4 members (excludes halogenated alkanes) is 1. The van der Waals surface area contributed by atoms with Crippen LogP contribution in [0.3, 0.4) is 0 Å². The molecule has 1 nitrogen and oxygen atoms in total. The lowest BCUT2D eigenvalue weighted by Gasteiger charge is -2.31. The predicted molar refractivity (Wildman–Crippen MR) is 51.1 cm³/mol. The van der Waals surface area contributed by atoms with Gasteiger partial charge < -0.3 is 0 Å². The molecule has 1 fully saturated rings. The number of hydrogen-bond acceptors (Lipinski definition) is 1. The minimum absolute atomic E-state index is 0.0499. The second-order valence-electron chi connectivity index (χ2n) is 4.29. The summed E-state index contributed by atoms with van der Waals surface area (Å²) in [5, 5.41) is 0. The molecular weight excluding hydrogens is 148 g/mol. The first-order valence-corrected chi connectivity index (χ1v) is 5.22. The molecule has 0 aliphatic heterocycles. The zero-order chi connectivity index (χ0) is 9.03. The van der Waals surface area contributed by atoms with Crippen LogP contribution in [-0.4, -0.2) is 5.78 Å². The first-order valence-electron chi connectivity index (χ1n) is 5.22. The molecule has 0 spiro atoms. The number of carbonyl (C=O) groups excluding carboxylic acids is 1. The molecule has 0 bridgehead atoms. The van der Waals surface area contributed by atoms with Crippen LogP contribution in [0, 0.1) is 5.41 Å². The van der Waals surface area contributed by atoms with Gasteiger partial charge in [-0.05, 0) is 19.3 Å². The fourth-order valence-corrected chi connectivity index (χ4v) is 2.07. The predicted octanol–water partition coefficient (Wildman–Crippen LogP) is 3.33. The Balaban J connectivity index is 2.48. The zero-order valence-corrected chi connectivity index (χ0v) is 8.36. The number of hydrogen-bond donors (Lipinski definition) is 0. The second kappa shape index (κ2) is 4.06. The Bertz CT molecular complexity index is 162. The standard InChI is InChI=1S/C11H20O/c1-3-4-8-11(2)9-6-5-7-10(11)12/h3-9H2,1-2H3. The summed E-state index contributed by atoms with van der Waals surface area (Å²) < 4.78 is 0. The maximum absolute atomic E-state index is 11.6. The van der Waals surface area contributed by atoms with Crippen LogP contribution in [0.5, 0.6) is 0 Å². The maximum atomic E-state index is 11.6. The molecule has 0 N–H and O–H groups in total. The molecule has 0 radical (unpaired) electrons. The SMILES string of the molecule is CCCCC1(C)CCCCC1=O. The molecule has 1 aliphatic carbocycles. The molecule has 12 heavy (non-hydrogen) atoms. The largest absolute Gasteiger partial charge is 0.299 e. The molecule has 0 saturated heterocycles. The van der Waals surface area contributed by atoms with Gasteiger partial charge in [-0.15, -0.1) is 0 Å². The van der Waals surface area contributed by atoms with Crippen LogP contribution in [0.4, 0.5) is 0 Å². The van der Waals surface area contributed by atoms with E-state index in [4.69, 9.17) is 0 Å². The highest BCUT2D eigenvalue weighted by Gasteiger charge is 2.33. The summed E-state index contributed by atoms with van der Waals surface area (Å²) in [4.78, 5) is 11.6. The van der Waals surface area contributed by atoms with Gasteiger partial charge in [-0.25, -0.2) is 0 Å². The van der Waals surface area contributed by atoms with Gasteiger partial charge in [0, 0.05) is 11.8 Å². The van der Waals surface area contributed by atoms with Crippen molar-refractivity contribution in [3.8, 4) is 0 Å². The first kappa shape index (κ1) is 9.76. The molecule has 1 rings (SSSR count). The molecule has 0 aromatic rings. The van der Waals surface area contributed by atoms with Crippen molar-refractivity contribution in [2.24, 2.45) is 5.41 Å². The molecule has 1 atom stereocenters. The van der Waals surface area contributed by atoms with E-state index in [-0.39, 0.29) is 5.41 Å².